The maximum atomic E-state index is 14.9. The molecule has 3 aromatic rings. The molecule has 5 rings (SSSR count). The van der Waals surface area contributed by atoms with E-state index >= 15 is 0 Å². The number of H-pyrrole nitrogens is 1. The maximum Gasteiger partial charge on any atom is 0.256 e. The van der Waals surface area contributed by atoms with Crippen molar-refractivity contribution in [3.8, 4) is 11.1 Å². The lowest BCUT2D eigenvalue weighted by Gasteiger charge is -2.11. The molecule has 2 aliphatic rings. The van der Waals surface area contributed by atoms with Gasteiger partial charge in [0.05, 0.1) is 11.1 Å². The van der Waals surface area contributed by atoms with Crippen LogP contribution in [0.2, 0.25) is 0 Å². The van der Waals surface area contributed by atoms with Crippen LogP contribution in [-0.4, -0.2) is 23.3 Å². The molecule has 0 atom stereocenters. The van der Waals surface area contributed by atoms with Gasteiger partial charge in [-0.15, -0.1) is 0 Å². The Labute approximate surface area is 181 Å². The fraction of sp³-hybridized carbons (Fsp3) is 0.167. The van der Waals surface area contributed by atoms with Gasteiger partial charge in [0.1, 0.15) is 5.82 Å². The average molecular weight is 437 g/mol. The first-order chi connectivity index (χ1) is 15.4. The molecule has 0 unspecified atom stereocenters. The maximum absolute atomic E-state index is 14.9. The number of hydrogen-bond donors (Lipinski definition) is 3. The number of aromatic amines is 1. The summed E-state index contributed by atoms with van der Waals surface area (Å²) in [5.41, 5.74) is 2.54. The topological polar surface area (TPSA) is 74.0 Å². The van der Waals surface area contributed by atoms with Crippen LogP contribution in [0.25, 0.3) is 22.8 Å². The number of anilines is 1. The number of amides is 2. The second-order valence-corrected chi connectivity index (χ2v) is 7.84. The molecule has 1 aromatic heterocycles. The third-order valence-corrected chi connectivity index (χ3v) is 5.91. The monoisotopic (exact) mass is 437 g/mol. The van der Waals surface area contributed by atoms with Gasteiger partial charge >= 0.3 is 0 Å². The summed E-state index contributed by atoms with van der Waals surface area (Å²) in [5, 5.41) is 5.49. The Hall–Kier alpha value is -3.81. The summed E-state index contributed by atoms with van der Waals surface area (Å²) >= 11 is 0. The van der Waals surface area contributed by atoms with Crippen LogP contribution in [0, 0.1) is 24.4 Å². The molecule has 3 heterocycles. The van der Waals surface area contributed by atoms with E-state index in [0.29, 0.717) is 35.5 Å². The predicted molar refractivity (Wildman–Crippen MR) is 114 cm³/mol. The number of aromatic nitrogens is 1. The van der Waals surface area contributed by atoms with E-state index in [0.717, 1.165) is 24.2 Å². The standard InChI is InChI=1S/C24H18F3N3O2/c1-11-18(29-16-6-3-9-28-24(32)19(11)16)10-13-21-17(30-23(13)31)8-7-14(25)20(21)12-4-2-5-15(26)22(12)27/h2,4-5,7-8,10,29H,3,6,9H2,1H3,(H,28,32)(H,30,31)/b13-10-. The molecule has 3 N–H and O–H groups in total. The minimum absolute atomic E-state index is 0.0954. The lowest BCUT2D eigenvalue weighted by molar-refractivity contribution is -0.110. The minimum Gasteiger partial charge on any atom is -0.358 e. The average Bonchev–Trinajstić information content (AvgIpc) is 3.16. The number of halogens is 3. The highest BCUT2D eigenvalue weighted by molar-refractivity contribution is 6.36. The van der Waals surface area contributed by atoms with E-state index in [1.54, 1.807) is 6.92 Å². The molecule has 0 aliphatic carbocycles. The molecule has 8 heteroatoms. The van der Waals surface area contributed by atoms with E-state index in [2.05, 4.69) is 15.6 Å². The number of carbonyl (C=O) groups excluding carboxylic acids is 2. The molecule has 2 aliphatic heterocycles. The second-order valence-electron chi connectivity index (χ2n) is 7.84. The SMILES string of the molecule is Cc1c(/C=C2\C(=O)Nc3ccc(F)c(-c4cccc(F)c4F)c32)[nH]c2c1C(=O)NCCC2. The largest absolute Gasteiger partial charge is 0.358 e. The molecule has 2 amide bonds. The van der Waals surface area contributed by atoms with Gasteiger partial charge in [-0.2, -0.15) is 0 Å². The first kappa shape index (κ1) is 20.1. The van der Waals surface area contributed by atoms with Crippen LogP contribution in [0.4, 0.5) is 18.9 Å². The summed E-state index contributed by atoms with van der Waals surface area (Å²) in [6, 6.07) is 5.98. The lowest BCUT2D eigenvalue weighted by Crippen LogP contribution is -2.22. The van der Waals surface area contributed by atoms with Crippen LogP contribution in [0.3, 0.4) is 0 Å². The van der Waals surface area contributed by atoms with Gasteiger partial charge in [-0.05, 0) is 49.6 Å². The zero-order chi connectivity index (χ0) is 22.6. The Morgan fingerprint density at radius 2 is 1.75 bits per heavy atom. The molecular weight excluding hydrogens is 419 g/mol. The summed E-state index contributed by atoms with van der Waals surface area (Å²) in [6.07, 6.45) is 2.96. The van der Waals surface area contributed by atoms with E-state index in [4.69, 9.17) is 0 Å². The highest BCUT2D eigenvalue weighted by Gasteiger charge is 2.32. The number of aryl methyl sites for hydroxylation is 1. The van der Waals surface area contributed by atoms with Crippen molar-refractivity contribution in [1.29, 1.82) is 0 Å². The van der Waals surface area contributed by atoms with Gasteiger partial charge in [0.25, 0.3) is 11.8 Å². The zero-order valence-electron chi connectivity index (χ0n) is 17.0. The molecule has 0 saturated carbocycles. The van der Waals surface area contributed by atoms with Gasteiger partial charge in [-0.1, -0.05) is 12.1 Å². The van der Waals surface area contributed by atoms with Crippen LogP contribution in [-0.2, 0) is 11.2 Å². The van der Waals surface area contributed by atoms with Gasteiger partial charge in [0.2, 0.25) is 0 Å². The lowest BCUT2D eigenvalue weighted by atomic mass is 9.93. The number of fused-ring (bicyclic) bond motifs is 2. The first-order valence-electron chi connectivity index (χ1n) is 10.2. The van der Waals surface area contributed by atoms with Crippen LogP contribution in [0.1, 0.15) is 39.3 Å². The number of carbonyl (C=O) groups is 2. The first-order valence-corrected chi connectivity index (χ1v) is 10.2. The normalized spacial score (nSPS) is 16.4. The summed E-state index contributed by atoms with van der Waals surface area (Å²) in [5.74, 6) is -3.79. The van der Waals surface area contributed by atoms with Gasteiger partial charge in [-0.3, -0.25) is 9.59 Å². The molecule has 0 saturated heterocycles. The van der Waals surface area contributed by atoms with Gasteiger partial charge in [0.15, 0.2) is 11.6 Å². The Kier molecular flexibility index (Phi) is 4.65. The van der Waals surface area contributed by atoms with Gasteiger partial charge in [0, 0.05) is 40.3 Å². The van der Waals surface area contributed by atoms with Crippen molar-refractivity contribution in [2.24, 2.45) is 0 Å². The van der Waals surface area contributed by atoms with Gasteiger partial charge in [-0.25, -0.2) is 13.2 Å². The highest BCUT2D eigenvalue weighted by atomic mass is 19.2. The van der Waals surface area contributed by atoms with Crippen molar-refractivity contribution >= 4 is 29.2 Å². The van der Waals surface area contributed by atoms with Gasteiger partial charge < -0.3 is 15.6 Å². The molecule has 0 radical (unpaired) electrons. The van der Waals surface area contributed by atoms with E-state index in [-0.39, 0.29) is 28.2 Å². The fourth-order valence-corrected chi connectivity index (χ4v) is 4.38. The molecule has 5 nitrogen and oxygen atoms in total. The highest BCUT2D eigenvalue weighted by Crippen LogP contribution is 2.43. The molecule has 2 aromatic carbocycles. The molecule has 32 heavy (non-hydrogen) atoms. The summed E-state index contributed by atoms with van der Waals surface area (Å²) < 4.78 is 43.4. The van der Waals surface area contributed by atoms with Crippen molar-refractivity contribution < 1.29 is 22.8 Å². The zero-order valence-corrected chi connectivity index (χ0v) is 17.0. The van der Waals surface area contributed by atoms with Crippen molar-refractivity contribution in [2.45, 2.75) is 19.8 Å². The van der Waals surface area contributed by atoms with E-state index in [9.17, 15) is 22.8 Å². The predicted octanol–water partition coefficient (Wildman–Crippen LogP) is 4.58. The summed E-state index contributed by atoms with van der Waals surface area (Å²) in [7, 11) is 0. The Bertz CT molecular complexity index is 1340. The number of hydrogen-bond acceptors (Lipinski definition) is 2. The third kappa shape index (κ3) is 3.02. The number of rotatable bonds is 2. The van der Waals surface area contributed by atoms with Crippen LogP contribution in [0.5, 0.6) is 0 Å². The van der Waals surface area contributed by atoms with E-state index in [1.807, 2.05) is 0 Å². The summed E-state index contributed by atoms with van der Waals surface area (Å²) in [4.78, 5) is 28.4. The molecule has 0 spiro atoms. The number of benzene rings is 2. The van der Waals surface area contributed by atoms with Crippen molar-refractivity contribution in [3.05, 3.63) is 75.9 Å². The minimum atomic E-state index is -1.20. The number of nitrogens with one attached hydrogen (secondary N) is 3. The quantitative estimate of drug-likeness (QED) is 0.514. The molecule has 0 bridgehead atoms. The molecule has 162 valence electrons. The van der Waals surface area contributed by atoms with Crippen LogP contribution >= 0.6 is 0 Å². The molecule has 0 fully saturated rings. The van der Waals surface area contributed by atoms with Crippen LogP contribution in [0.15, 0.2) is 30.3 Å². The Balaban J connectivity index is 1.72. The van der Waals surface area contributed by atoms with E-state index in [1.165, 1.54) is 24.3 Å². The Morgan fingerprint density at radius 1 is 0.938 bits per heavy atom. The van der Waals surface area contributed by atoms with Crippen LogP contribution < -0.4 is 10.6 Å². The van der Waals surface area contributed by atoms with Crippen molar-refractivity contribution in [1.82, 2.24) is 10.3 Å². The summed E-state index contributed by atoms with van der Waals surface area (Å²) in [6.45, 7) is 2.34. The second kappa shape index (κ2) is 7.40. The smallest absolute Gasteiger partial charge is 0.256 e. The van der Waals surface area contributed by atoms with Crippen molar-refractivity contribution in [2.75, 3.05) is 11.9 Å². The van der Waals surface area contributed by atoms with Crippen molar-refractivity contribution in [3.63, 3.8) is 0 Å². The Morgan fingerprint density at radius 3 is 2.56 bits per heavy atom. The third-order valence-electron chi connectivity index (χ3n) is 5.91. The fourth-order valence-electron chi connectivity index (χ4n) is 4.38. The van der Waals surface area contributed by atoms with E-state index < -0.39 is 23.4 Å². The molecular formula is C24H18F3N3O2.